The molecule has 1 rings (SSSR count). The molecule has 6 heteroatoms. The van der Waals surface area contributed by atoms with Crippen molar-refractivity contribution in [3.63, 3.8) is 0 Å². The average Bonchev–Trinajstić information content (AvgIpc) is 2.36. The smallest absolute Gasteiger partial charge is 0.325 e. The van der Waals surface area contributed by atoms with Gasteiger partial charge in [-0.1, -0.05) is 0 Å². The van der Waals surface area contributed by atoms with Crippen LogP contribution in [0, 0.1) is 10.1 Å². The molecule has 0 bridgehead atoms. The molecule has 0 aromatic heterocycles. The Bertz CT molecular complexity index is 417. The maximum absolute atomic E-state index is 11.4. The van der Waals surface area contributed by atoms with Crippen LogP contribution in [0.4, 0.5) is 11.4 Å². The van der Waals surface area contributed by atoms with E-state index in [1.165, 1.54) is 12.1 Å². The van der Waals surface area contributed by atoms with Crippen molar-refractivity contribution in [2.75, 3.05) is 24.6 Å². The van der Waals surface area contributed by atoms with Gasteiger partial charge in [0.1, 0.15) is 6.54 Å². The summed E-state index contributed by atoms with van der Waals surface area (Å²) < 4.78 is 4.87. The fourth-order valence-electron chi connectivity index (χ4n) is 1.53. The molecule has 18 heavy (non-hydrogen) atoms. The van der Waals surface area contributed by atoms with E-state index in [1.54, 1.807) is 24.0 Å². The van der Waals surface area contributed by atoms with Crippen LogP contribution >= 0.6 is 0 Å². The van der Waals surface area contributed by atoms with Crippen molar-refractivity contribution >= 4 is 17.3 Å². The molecule has 0 saturated carbocycles. The van der Waals surface area contributed by atoms with Crippen LogP contribution in [0.3, 0.4) is 0 Å². The number of nitrogens with zero attached hydrogens (tertiary/aromatic N) is 2. The molecule has 6 nitrogen and oxygen atoms in total. The van der Waals surface area contributed by atoms with E-state index in [1.807, 2.05) is 6.92 Å². The molecule has 0 aliphatic carbocycles. The molecule has 0 amide bonds. The van der Waals surface area contributed by atoms with Gasteiger partial charge in [0.2, 0.25) is 0 Å². The lowest BCUT2D eigenvalue weighted by Crippen LogP contribution is -2.30. The number of carbonyl (C=O) groups is 1. The van der Waals surface area contributed by atoms with Gasteiger partial charge in [0.05, 0.1) is 11.5 Å². The zero-order valence-electron chi connectivity index (χ0n) is 10.5. The third-order valence-electron chi connectivity index (χ3n) is 2.43. The Morgan fingerprint density at radius 2 is 1.94 bits per heavy atom. The summed E-state index contributed by atoms with van der Waals surface area (Å²) in [6.45, 7) is 4.76. The third-order valence-corrected chi connectivity index (χ3v) is 2.43. The van der Waals surface area contributed by atoms with Gasteiger partial charge in [-0.25, -0.2) is 0 Å². The third kappa shape index (κ3) is 3.73. The van der Waals surface area contributed by atoms with E-state index in [-0.39, 0.29) is 18.2 Å². The monoisotopic (exact) mass is 252 g/mol. The molecule has 0 fully saturated rings. The number of carbonyl (C=O) groups excluding carboxylic acids is 1. The molecule has 0 spiro atoms. The van der Waals surface area contributed by atoms with Gasteiger partial charge in [-0.3, -0.25) is 14.9 Å². The summed E-state index contributed by atoms with van der Waals surface area (Å²) >= 11 is 0. The Morgan fingerprint density at radius 1 is 1.33 bits per heavy atom. The van der Waals surface area contributed by atoms with Crippen molar-refractivity contribution in [3.8, 4) is 0 Å². The van der Waals surface area contributed by atoms with Crippen LogP contribution in [-0.2, 0) is 9.53 Å². The Hall–Kier alpha value is -2.11. The normalized spacial score (nSPS) is 9.89. The van der Waals surface area contributed by atoms with Crippen LogP contribution in [0.1, 0.15) is 13.8 Å². The zero-order chi connectivity index (χ0) is 13.5. The number of benzene rings is 1. The molecule has 0 radical (unpaired) electrons. The molecule has 0 aliphatic heterocycles. The molecule has 0 aliphatic rings. The lowest BCUT2D eigenvalue weighted by atomic mass is 10.2. The minimum atomic E-state index is -0.453. The lowest BCUT2D eigenvalue weighted by molar-refractivity contribution is -0.384. The summed E-state index contributed by atoms with van der Waals surface area (Å²) in [5, 5.41) is 10.5. The summed E-state index contributed by atoms with van der Waals surface area (Å²) in [5.74, 6) is -0.308. The van der Waals surface area contributed by atoms with Crippen LogP contribution in [0.5, 0.6) is 0 Å². The second kappa shape index (κ2) is 6.58. The second-order valence-electron chi connectivity index (χ2n) is 3.59. The van der Waals surface area contributed by atoms with Gasteiger partial charge in [-0.15, -0.1) is 0 Å². The number of rotatable bonds is 6. The molecule has 0 saturated heterocycles. The minimum Gasteiger partial charge on any atom is -0.465 e. The maximum Gasteiger partial charge on any atom is 0.325 e. The first-order chi connectivity index (χ1) is 8.58. The number of esters is 1. The fraction of sp³-hybridized carbons (Fsp3) is 0.417. The Kier molecular flexibility index (Phi) is 5.10. The van der Waals surface area contributed by atoms with Gasteiger partial charge < -0.3 is 9.64 Å². The fourth-order valence-corrected chi connectivity index (χ4v) is 1.53. The first-order valence-corrected chi connectivity index (χ1v) is 5.73. The zero-order valence-corrected chi connectivity index (χ0v) is 10.5. The molecular formula is C12H16N2O4. The van der Waals surface area contributed by atoms with Crippen LogP contribution in [0.25, 0.3) is 0 Å². The molecule has 0 unspecified atom stereocenters. The summed E-state index contributed by atoms with van der Waals surface area (Å²) in [6.07, 6.45) is 0. The van der Waals surface area contributed by atoms with E-state index in [0.29, 0.717) is 13.2 Å². The highest BCUT2D eigenvalue weighted by atomic mass is 16.6. The van der Waals surface area contributed by atoms with E-state index < -0.39 is 4.92 Å². The van der Waals surface area contributed by atoms with Gasteiger partial charge >= 0.3 is 5.97 Å². The van der Waals surface area contributed by atoms with Gasteiger partial charge in [0.25, 0.3) is 5.69 Å². The number of nitro benzene ring substituents is 1. The van der Waals surface area contributed by atoms with Crippen molar-refractivity contribution in [2.45, 2.75) is 13.8 Å². The van der Waals surface area contributed by atoms with Crippen molar-refractivity contribution in [2.24, 2.45) is 0 Å². The first kappa shape index (κ1) is 14.0. The molecule has 1 aromatic rings. The van der Waals surface area contributed by atoms with Crippen molar-refractivity contribution in [1.82, 2.24) is 0 Å². The quantitative estimate of drug-likeness (QED) is 0.439. The predicted octanol–water partition coefficient (Wildman–Crippen LogP) is 1.98. The average molecular weight is 252 g/mol. The van der Waals surface area contributed by atoms with E-state index in [4.69, 9.17) is 4.74 Å². The number of ether oxygens (including phenoxy) is 1. The topological polar surface area (TPSA) is 72.7 Å². The highest BCUT2D eigenvalue weighted by Gasteiger charge is 2.12. The molecule has 0 N–H and O–H groups in total. The van der Waals surface area contributed by atoms with Crippen LogP contribution in [0.2, 0.25) is 0 Å². The highest BCUT2D eigenvalue weighted by Crippen LogP contribution is 2.19. The maximum atomic E-state index is 11.4. The van der Waals surface area contributed by atoms with Crippen LogP contribution < -0.4 is 4.90 Å². The Morgan fingerprint density at radius 3 is 2.39 bits per heavy atom. The standard InChI is InChI=1S/C12H16N2O4/c1-3-13(9-12(15)18-4-2)10-5-7-11(8-6-10)14(16)17/h5-8H,3-4,9H2,1-2H3. The van der Waals surface area contributed by atoms with Gasteiger partial charge in [-0.05, 0) is 26.0 Å². The minimum absolute atomic E-state index is 0.0333. The number of hydrogen-bond acceptors (Lipinski definition) is 5. The number of non-ortho nitro benzene ring substituents is 1. The summed E-state index contributed by atoms with van der Waals surface area (Å²) in [4.78, 5) is 23.3. The van der Waals surface area contributed by atoms with Gasteiger partial charge in [0.15, 0.2) is 0 Å². The van der Waals surface area contributed by atoms with Crippen LogP contribution in [-0.4, -0.2) is 30.6 Å². The molecule has 0 atom stereocenters. The Labute approximate surface area is 105 Å². The number of anilines is 1. The van der Waals surface area contributed by atoms with Crippen LogP contribution in [0.15, 0.2) is 24.3 Å². The van der Waals surface area contributed by atoms with E-state index >= 15 is 0 Å². The highest BCUT2D eigenvalue weighted by molar-refractivity contribution is 5.75. The summed E-state index contributed by atoms with van der Waals surface area (Å²) in [5.41, 5.74) is 0.794. The SMILES string of the molecule is CCOC(=O)CN(CC)c1ccc([N+](=O)[O-])cc1. The number of nitro groups is 1. The predicted molar refractivity (Wildman–Crippen MR) is 67.6 cm³/mol. The van der Waals surface area contributed by atoms with Gasteiger partial charge in [0, 0.05) is 24.4 Å². The number of likely N-dealkylation sites (N-methyl/N-ethyl adjacent to an activating group) is 1. The molecular weight excluding hydrogens is 236 g/mol. The van der Waals surface area contributed by atoms with E-state index in [9.17, 15) is 14.9 Å². The second-order valence-corrected chi connectivity index (χ2v) is 3.59. The summed E-state index contributed by atoms with van der Waals surface area (Å²) in [6, 6.07) is 6.09. The van der Waals surface area contributed by atoms with E-state index in [0.717, 1.165) is 5.69 Å². The molecule has 0 heterocycles. The molecule has 98 valence electrons. The first-order valence-electron chi connectivity index (χ1n) is 5.73. The Balaban J connectivity index is 2.76. The van der Waals surface area contributed by atoms with Crippen molar-refractivity contribution in [1.29, 1.82) is 0 Å². The largest absolute Gasteiger partial charge is 0.465 e. The van der Waals surface area contributed by atoms with Crippen molar-refractivity contribution < 1.29 is 14.5 Å². The van der Waals surface area contributed by atoms with Crippen molar-refractivity contribution in [3.05, 3.63) is 34.4 Å². The summed E-state index contributed by atoms with van der Waals surface area (Å²) in [7, 11) is 0. The lowest BCUT2D eigenvalue weighted by Gasteiger charge is -2.21. The van der Waals surface area contributed by atoms with E-state index in [2.05, 4.69) is 0 Å². The molecule has 1 aromatic carbocycles. The number of hydrogen-bond donors (Lipinski definition) is 0. The van der Waals surface area contributed by atoms with Gasteiger partial charge in [-0.2, -0.15) is 0 Å².